The number of nitrogens with one attached hydrogen (secondary N) is 1. The molecular formula is C12H22N2O4S. The molecule has 2 fully saturated rings. The summed E-state index contributed by atoms with van der Waals surface area (Å²) < 4.78 is 24.4. The van der Waals surface area contributed by atoms with Crippen LogP contribution in [0.15, 0.2) is 0 Å². The van der Waals surface area contributed by atoms with Crippen LogP contribution in [0.25, 0.3) is 0 Å². The maximum atomic E-state index is 12.1. The first kappa shape index (κ1) is 14.7. The number of aliphatic hydroxyl groups excluding tert-OH is 1. The van der Waals surface area contributed by atoms with Crippen molar-refractivity contribution in [2.75, 3.05) is 19.3 Å². The molecule has 2 rings (SSSR count). The van der Waals surface area contributed by atoms with E-state index in [1.54, 1.807) is 0 Å². The first-order valence-corrected chi connectivity index (χ1v) is 8.65. The lowest BCUT2D eigenvalue weighted by Gasteiger charge is -2.22. The fourth-order valence-corrected chi connectivity index (χ4v) is 4.12. The highest BCUT2D eigenvalue weighted by Gasteiger charge is 2.36. The lowest BCUT2D eigenvalue weighted by atomic mass is 10.1. The van der Waals surface area contributed by atoms with Crippen molar-refractivity contribution in [3.8, 4) is 0 Å². The molecule has 3 unspecified atom stereocenters. The van der Waals surface area contributed by atoms with Gasteiger partial charge in [0.25, 0.3) is 0 Å². The molecule has 1 aliphatic heterocycles. The highest BCUT2D eigenvalue weighted by Crippen LogP contribution is 2.25. The fourth-order valence-electron chi connectivity index (χ4n) is 3.00. The molecule has 110 valence electrons. The number of hydrogen-bond donors (Lipinski definition) is 2. The highest BCUT2D eigenvalue weighted by atomic mass is 32.2. The second-order valence-electron chi connectivity index (χ2n) is 5.61. The van der Waals surface area contributed by atoms with Crippen LogP contribution >= 0.6 is 0 Å². The molecular weight excluding hydrogens is 268 g/mol. The van der Waals surface area contributed by atoms with Gasteiger partial charge in [-0.1, -0.05) is 0 Å². The van der Waals surface area contributed by atoms with Crippen molar-refractivity contribution in [2.24, 2.45) is 5.92 Å². The van der Waals surface area contributed by atoms with Gasteiger partial charge in [0.15, 0.2) is 0 Å². The van der Waals surface area contributed by atoms with Gasteiger partial charge in [-0.15, -0.1) is 0 Å². The number of amides is 1. The maximum absolute atomic E-state index is 12.1. The van der Waals surface area contributed by atoms with Gasteiger partial charge in [0.2, 0.25) is 15.9 Å². The van der Waals surface area contributed by atoms with Gasteiger partial charge in [-0.05, 0) is 38.0 Å². The molecule has 1 aliphatic carbocycles. The molecule has 1 saturated carbocycles. The molecule has 1 saturated heterocycles. The number of carbonyl (C=O) groups excluding carboxylic acids is 1. The van der Waals surface area contributed by atoms with Crippen molar-refractivity contribution in [3.05, 3.63) is 0 Å². The Morgan fingerprint density at radius 3 is 2.68 bits per heavy atom. The van der Waals surface area contributed by atoms with Crippen molar-refractivity contribution in [2.45, 2.75) is 44.2 Å². The zero-order valence-corrected chi connectivity index (χ0v) is 12.0. The van der Waals surface area contributed by atoms with Crippen LogP contribution in [0.5, 0.6) is 0 Å². The summed E-state index contributed by atoms with van der Waals surface area (Å²) in [4.78, 5) is 12.1. The minimum atomic E-state index is -3.31. The molecule has 6 nitrogen and oxygen atoms in total. The van der Waals surface area contributed by atoms with Crippen LogP contribution in [0.3, 0.4) is 0 Å². The average molecular weight is 290 g/mol. The van der Waals surface area contributed by atoms with Crippen LogP contribution in [-0.2, 0) is 14.8 Å². The molecule has 2 aliphatic rings. The van der Waals surface area contributed by atoms with E-state index in [1.807, 2.05) is 0 Å². The number of rotatable bonds is 4. The van der Waals surface area contributed by atoms with Crippen LogP contribution in [0.1, 0.15) is 32.1 Å². The monoisotopic (exact) mass is 290 g/mol. The summed E-state index contributed by atoms with van der Waals surface area (Å²) in [5.41, 5.74) is 0. The molecule has 2 N–H and O–H groups in total. The van der Waals surface area contributed by atoms with Gasteiger partial charge in [-0.3, -0.25) is 4.79 Å². The lowest BCUT2D eigenvalue weighted by molar-refractivity contribution is -0.124. The molecule has 0 bridgehead atoms. The van der Waals surface area contributed by atoms with E-state index < -0.39 is 16.1 Å². The topological polar surface area (TPSA) is 86.7 Å². The van der Waals surface area contributed by atoms with E-state index >= 15 is 0 Å². The minimum absolute atomic E-state index is 0.204. The lowest BCUT2D eigenvalue weighted by Crippen LogP contribution is -2.46. The quantitative estimate of drug-likeness (QED) is 0.743. The van der Waals surface area contributed by atoms with Gasteiger partial charge in [0.1, 0.15) is 6.04 Å². The van der Waals surface area contributed by atoms with Gasteiger partial charge in [0, 0.05) is 13.1 Å². The molecule has 0 aromatic carbocycles. The Hall–Kier alpha value is -0.660. The van der Waals surface area contributed by atoms with E-state index in [0.29, 0.717) is 25.4 Å². The first-order valence-electron chi connectivity index (χ1n) is 6.80. The Labute approximate surface area is 114 Å². The normalized spacial score (nSPS) is 32.6. The molecule has 0 aromatic rings. The van der Waals surface area contributed by atoms with E-state index in [4.69, 9.17) is 0 Å². The van der Waals surface area contributed by atoms with E-state index in [2.05, 4.69) is 5.32 Å². The third-order valence-electron chi connectivity index (χ3n) is 4.01. The average Bonchev–Trinajstić information content (AvgIpc) is 2.93. The Bertz CT molecular complexity index is 437. The van der Waals surface area contributed by atoms with Crippen LogP contribution in [-0.4, -0.2) is 55.2 Å². The van der Waals surface area contributed by atoms with Gasteiger partial charge in [-0.25, -0.2) is 8.42 Å². The summed E-state index contributed by atoms with van der Waals surface area (Å²) in [6.07, 6.45) is 4.65. The van der Waals surface area contributed by atoms with E-state index in [1.165, 1.54) is 4.31 Å². The standard InChI is InChI=1S/C12H22N2O4S/c1-19(17,18)14-6-2-3-11(14)12(16)13-8-9-4-5-10(15)7-9/h9-11,15H,2-8H2,1H3,(H,13,16). The largest absolute Gasteiger partial charge is 0.393 e. The van der Waals surface area contributed by atoms with E-state index in [0.717, 1.165) is 31.9 Å². The van der Waals surface area contributed by atoms with E-state index in [9.17, 15) is 18.3 Å². The number of sulfonamides is 1. The Kier molecular flexibility index (Phi) is 4.47. The van der Waals surface area contributed by atoms with Crippen LogP contribution < -0.4 is 5.32 Å². The number of nitrogens with zero attached hydrogens (tertiary/aromatic N) is 1. The van der Waals surface area contributed by atoms with Crippen LogP contribution in [0, 0.1) is 5.92 Å². The van der Waals surface area contributed by atoms with Crippen molar-refractivity contribution in [1.82, 2.24) is 9.62 Å². The predicted molar refractivity (Wildman–Crippen MR) is 70.9 cm³/mol. The smallest absolute Gasteiger partial charge is 0.238 e. The number of aliphatic hydroxyl groups is 1. The molecule has 19 heavy (non-hydrogen) atoms. The van der Waals surface area contributed by atoms with Gasteiger partial charge < -0.3 is 10.4 Å². The zero-order chi connectivity index (χ0) is 14.0. The summed E-state index contributed by atoms with van der Waals surface area (Å²) in [7, 11) is -3.31. The molecule has 0 spiro atoms. The second-order valence-corrected chi connectivity index (χ2v) is 7.54. The zero-order valence-electron chi connectivity index (χ0n) is 11.2. The summed E-state index contributed by atoms with van der Waals surface area (Å²) in [6.45, 7) is 0.961. The third-order valence-corrected chi connectivity index (χ3v) is 5.30. The molecule has 3 atom stereocenters. The first-order chi connectivity index (χ1) is 8.88. The predicted octanol–water partition coefficient (Wildman–Crippen LogP) is -0.312. The Morgan fingerprint density at radius 2 is 2.11 bits per heavy atom. The highest BCUT2D eigenvalue weighted by molar-refractivity contribution is 7.88. The van der Waals surface area contributed by atoms with Gasteiger partial charge in [-0.2, -0.15) is 4.31 Å². The molecule has 1 amide bonds. The Balaban J connectivity index is 1.86. The molecule has 1 heterocycles. The SMILES string of the molecule is CS(=O)(=O)N1CCCC1C(=O)NCC1CCC(O)C1. The minimum Gasteiger partial charge on any atom is -0.393 e. The molecule has 0 aromatic heterocycles. The summed E-state index contributed by atoms with van der Waals surface area (Å²) >= 11 is 0. The van der Waals surface area contributed by atoms with Crippen LogP contribution in [0.2, 0.25) is 0 Å². The maximum Gasteiger partial charge on any atom is 0.238 e. The van der Waals surface area contributed by atoms with Gasteiger partial charge >= 0.3 is 0 Å². The molecule has 7 heteroatoms. The fraction of sp³-hybridized carbons (Fsp3) is 0.917. The van der Waals surface area contributed by atoms with Crippen molar-refractivity contribution in [1.29, 1.82) is 0 Å². The van der Waals surface area contributed by atoms with Crippen molar-refractivity contribution < 1.29 is 18.3 Å². The van der Waals surface area contributed by atoms with Gasteiger partial charge in [0.05, 0.1) is 12.4 Å². The van der Waals surface area contributed by atoms with Crippen molar-refractivity contribution in [3.63, 3.8) is 0 Å². The van der Waals surface area contributed by atoms with Crippen molar-refractivity contribution >= 4 is 15.9 Å². The second kappa shape index (κ2) is 5.76. The third kappa shape index (κ3) is 3.67. The van der Waals surface area contributed by atoms with E-state index in [-0.39, 0.29) is 12.0 Å². The Morgan fingerprint density at radius 1 is 1.37 bits per heavy atom. The summed E-state index contributed by atoms with van der Waals surface area (Å²) in [6, 6.07) is -0.554. The van der Waals surface area contributed by atoms with Crippen LogP contribution in [0.4, 0.5) is 0 Å². The summed E-state index contributed by atoms with van der Waals surface area (Å²) in [5.74, 6) is 0.108. The number of carbonyl (C=O) groups is 1. The molecule has 0 radical (unpaired) electrons. The summed E-state index contributed by atoms with van der Waals surface area (Å²) in [5, 5.41) is 12.3. The number of hydrogen-bond acceptors (Lipinski definition) is 4.